The molecule has 110 valence electrons. The molecule has 1 unspecified atom stereocenters. The fourth-order valence-electron chi connectivity index (χ4n) is 2.44. The lowest BCUT2D eigenvalue weighted by atomic mass is 10.1. The van der Waals surface area contributed by atoms with Crippen molar-refractivity contribution < 1.29 is 13.2 Å². The third kappa shape index (κ3) is 2.51. The van der Waals surface area contributed by atoms with Gasteiger partial charge in [-0.3, -0.25) is 4.79 Å². The zero-order valence-corrected chi connectivity index (χ0v) is 12.4. The van der Waals surface area contributed by atoms with E-state index in [1.807, 2.05) is 6.92 Å². The van der Waals surface area contributed by atoms with E-state index in [1.54, 1.807) is 13.0 Å². The van der Waals surface area contributed by atoms with Crippen molar-refractivity contribution in [2.75, 3.05) is 18.8 Å². The predicted octanol–water partition coefficient (Wildman–Crippen LogP) is 0.382. The van der Waals surface area contributed by atoms with Crippen LogP contribution >= 0.6 is 0 Å². The van der Waals surface area contributed by atoms with Crippen molar-refractivity contribution in [2.24, 2.45) is 11.7 Å². The lowest BCUT2D eigenvalue weighted by molar-refractivity contribution is -0.121. The van der Waals surface area contributed by atoms with Crippen LogP contribution in [0.15, 0.2) is 17.0 Å². The fourth-order valence-corrected chi connectivity index (χ4v) is 4.27. The summed E-state index contributed by atoms with van der Waals surface area (Å²) in [5, 5.41) is 0. The van der Waals surface area contributed by atoms with Gasteiger partial charge >= 0.3 is 0 Å². The number of hydrogen-bond acceptors (Lipinski definition) is 4. The molecule has 0 radical (unpaired) electrons. The van der Waals surface area contributed by atoms with Gasteiger partial charge in [-0.25, -0.2) is 8.42 Å². The molecule has 1 amide bonds. The number of carbonyl (C=O) groups is 1. The maximum Gasteiger partial charge on any atom is 0.243 e. The summed E-state index contributed by atoms with van der Waals surface area (Å²) in [6.45, 7) is 4.03. The van der Waals surface area contributed by atoms with E-state index in [0.29, 0.717) is 24.2 Å². The van der Waals surface area contributed by atoms with Crippen molar-refractivity contribution in [1.82, 2.24) is 4.31 Å². The van der Waals surface area contributed by atoms with Gasteiger partial charge in [-0.1, -0.05) is 0 Å². The van der Waals surface area contributed by atoms with Crippen molar-refractivity contribution in [2.45, 2.75) is 25.2 Å². The lowest BCUT2D eigenvalue weighted by Crippen LogP contribution is -2.32. The van der Waals surface area contributed by atoms with Gasteiger partial charge in [0.25, 0.3) is 0 Å². The first-order chi connectivity index (χ1) is 9.23. The number of nitrogen functional groups attached to an aromatic ring is 1. The van der Waals surface area contributed by atoms with Gasteiger partial charge in [0.2, 0.25) is 15.9 Å². The average molecular weight is 297 g/mol. The molecule has 1 atom stereocenters. The SMILES string of the molecule is Cc1cc(N)cc(S(=O)(=O)N2CCC(C(N)=O)C2)c1C. The van der Waals surface area contributed by atoms with Crippen molar-refractivity contribution in [3.8, 4) is 0 Å². The van der Waals surface area contributed by atoms with Gasteiger partial charge in [-0.15, -0.1) is 0 Å². The summed E-state index contributed by atoms with van der Waals surface area (Å²) < 4.78 is 26.6. The second-order valence-electron chi connectivity index (χ2n) is 5.21. The molecule has 1 saturated heterocycles. The van der Waals surface area contributed by atoms with Crippen LogP contribution in [-0.2, 0) is 14.8 Å². The van der Waals surface area contributed by atoms with Crippen LogP contribution in [0.2, 0.25) is 0 Å². The Morgan fingerprint density at radius 1 is 1.35 bits per heavy atom. The Balaban J connectivity index is 2.40. The molecule has 1 aromatic rings. The standard InChI is InChI=1S/C13H19N3O3S/c1-8-5-11(14)6-12(9(8)2)20(18,19)16-4-3-10(7-16)13(15)17/h5-6,10H,3-4,7,14H2,1-2H3,(H2,15,17). The Kier molecular flexibility index (Phi) is 3.75. The molecule has 0 aromatic heterocycles. The van der Waals surface area contributed by atoms with Crippen LogP contribution in [0.5, 0.6) is 0 Å². The van der Waals surface area contributed by atoms with Gasteiger partial charge in [0.1, 0.15) is 0 Å². The van der Waals surface area contributed by atoms with Gasteiger partial charge in [-0.05, 0) is 43.5 Å². The highest BCUT2D eigenvalue weighted by Crippen LogP contribution is 2.29. The van der Waals surface area contributed by atoms with Crippen molar-refractivity contribution >= 4 is 21.6 Å². The Morgan fingerprint density at radius 2 is 2.00 bits per heavy atom. The van der Waals surface area contributed by atoms with Gasteiger partial charge in [0, 0.05) is 18.8 Å². The second kappa shape index (κ2) is 5.06. The summed E-state index contributed by atoms with van der Waals surface area (Å²) in [5.41, 5.74) is 12.9. The Hall–Kier alpha value is -1.60. The first kappa shape index (κ1) is 14.8. The molecular weight excluding hydrogens is 278 g/mol. The normalized spacial score (nSPS) is 20.2. The van der Waals surface area contributed by atoms with Crippen molar-refractivity contribution in [3.63, 3.8) is 0 Å². The number of benzene rings is 1. The number of primary amides is 1. The van der Waals surface area contributed by atoms with Crippen LogP contribution in [0.4, 0.5) is 5.69 Å². The topological polar surface area (TPSA) is 106 Å². The van der Waals surface area contributed by atoms with Gasteiger partial charge in [0.15, 0.2) is 0 Å². The maximum atomic E-state index is 12.6. The zero-order valence-electron chi connectivity index (χ0n) is 11.6. The number of hydrogen-bond donors (Lipinski definition) is 2. The van der Waals surface area contributed by atoms with Crippen LogP contribution in [-0.4, -0.2) is 31.7 Å². The number of rotatable bonds is 3. The maximum absolute atomic E-state index is 12.6. The highest BCUT2D eigenvalue weighted by molar-refractivity contribution is 7.89. The molecule has 0 bridgehead atoms. The summed E-state index contributed by atoms with van der Waals surface area (Å²) >= 11 is 0. The van der Waals surface area contributed by atoms with Crippen LogP contribution < -0.4 is 11.5 Å². The van der Waals surface area contributed by atoms with Crippen LogP contribution in [0, 0.1) is 19.8 Å². The predicted molar refractivity (Wildman–Crippen MR) is 76.4 cm³/mol. The van der Waals surface area contributed by atoms with Crippen LogP contribution in [0.3, 0.4) is 0 Å². The number of sulfonamides is 1. The fraction of sp³-hybridized carbons (Fsp3) is 0.462. The smallest absolute Gasteiger partial charge is 0.243 e. The minimum Gasteiger partial charge on any atom is -0.399 e. The molecule has 1 aliphatic rings. The third-order valence-electron chi connectivity index (χ3n) is 3.81. The lowest BCUT2D eigenvalue weighted by Gasteiger charge is -2.19. The number of aryl methyl sites for hydroxylation is 1. The quantitative estimate of drug-likeness (QED) is 0.786. The van der Waals surface area contributed by atoms with E-state index in [4.69, 9.17) is 11.5 Å². The molecule has 1 fully saturated rings. The minimum atomic E-state index is -3.64. The Labute approximate surface area is 118 Å². The number of anilines is 1. The highest BCUT2D eigenvalue weighted by Gasteiger charge is 2.35. The number of nitrogens with zero attached hydrogens (tertiary/aromatic N) is 1. The minimum absolute atomic E-state index is 0.144. The molecular formula is C13H19N3O3S. The van der Waals surface area contributed by atoms with Gasteiger partial charge in [0.05, 0.1) is 10.8 Å². The van der Waals surface area contributed by atoms with Gasteiger partial charge in [-0.2, -0.15) is 4.31 Å². The molecule has 20 heavy (non-hydrogen) atoms. The van der Waals surface area contributed by atoms with Crippen molar-refractivity contribution in [1.29, 1.82) is 0 Å². The largest absolute Gasteiger partial charge is 0.399 e. The number of carbonyl (C=O) groups excluding carboxylic acids is 1. The molecule has 1 heterocycles. The Morgan fingerprint density at radius 3 is 2.55 bits per heavy atom. The molecule has 7 heteroatoms. The summed E-state index contributed by atoms with van der Waals surface area (Å²) in [6, 6.07) is 3.21. The molecule has 4 N–H and O–H groups in total. The first-order valence-electron chi connectivity index (χ1n) is 6.39. The van der Waals surface area contributed by atoms with Crippen LogP contribution in [0.1, 0.15) is 17.5 Å². The highest BCUT2D eigenvalue weighted by atomic mass is 32.2. The summed E-state index contributed by atoms with van der Waals surface area (Å²) in [5.74, 6) is -0.865. The number of nitrogens with two attached hydrogens (primary N) is 2. The van der Waals surface area contributed by atoms with E-state index in [2.05, 4.69) is 0 Å². The van der Waals surface area contributed by atoms with E-state index in [1.165, 1.54) is 10.4 Å². The first-order valence-corrected chi connectivity index (χ1v) is 7.83. The zero-order chi connectivity index (χ0) is 15.1. The molecule has 0 saturated carbocycles. The van der Waals surface area contributed by atoms with E-state index in [9.17, 15) is 13.2 Å². The van der Waals surface area contributed by atoms with Gasteiger partial charge < -0.3 is 11.5 Å². The molecule has 0 aliphatic carbocycles. The molecule has 2 rings (SSSR count). The van der Waals surface area contributed by atoms with E-state index < -0.39 is 21.8 Å². The van der Waals surface area contributed by atoms with E-state index in [-0.39, 0.29) is 11.4 Å². The van der Waals surface area contributed by atoms with E-state index in [0.717, 1.165) is 5.56 Å². The second-order valence-corrected chi connectivity index (χ2v) is 7.12. The summed E-state index contributed by atoms with van der Waals surface area (Å²) in [6.07, 6.45) is 0.467. The number of amides is 1. The Bertz CT molecular complexity index is 655. The molecule has 6 nitrogen and oxygen atoms in total. The molecule has 0 spiro atoms. The average Bonchev–Trinajstić information content (AvgIpc) is 2.83. The van der Waals surface area contributed by atoms with Crippen molar-refractivity contribution in [3.05, 3.63) is 23.3 Å². The summed E-state index contributed by atoms with van der Waals surface area (Å²) in [7, 11) is -3.64. The van der Waals surface area contributed by atoms with E-state index >= 15 is 0 Å². The monoisotopic (exact) mass is 297 g/mol. The third-order valence-corrected chi connectivity index (χ3v) is 5.80. The molecule has 1 aliphatic heterocycles. The molecule has 1 aromatic carbocycles. The van der Waals surface area contributed by atoms with Crippen LogP contribution in [0.25, 0.3) is 0 Å². The summed E-state index contributed by atoms with van der Waals surface area (Å²) in [4.78, 5) is 11.4.